The fourth-order valence-corrected chi connectivity index (χ4v) is 8.62. The van der Waals surface area contributed by atoms with Crippen molar-refractivity contribution in [2.24, 2.45) is 5.92 Å². The lowest BCUT2D eigenvalue weighted by atomic mass is 9.91. The lowest BCUT2D eigenvalue weighted by Crippen LogP contribution is -2.51. The number of halogens is 4. The molecule has 4 heterocycles. The Labute approximate surface area is 297 Å². The number of carbonyl (C=O) groups excluding carboxylic acids is 3. The minimum atomic E-state index is -4.65. The average molecular weight is 717 g/mol. The van der Waals surface area contributed by atoms with Crippen molar-refractivity contribution in [2.75, 3.05) is 63.5 Å². The number of rotatable bonds is 8. The molecule has 3 saturated heterocycles. The molecule has 6 rings (SSSR count). The van der Waals surface area contributed by atoms with E-state index in [0.717, 1.165) is 49.7 Å². The van der Waals surface area contributed by atoms with E-state index in [0.29, 0.717) is 51.6 Å². The molecule has 4 amide bonds. The van der Waals surface area contributed by atoms with Crippen LogP contribution in [-0.2, 0) is 28.6 Å². The summed E-state index contributed by atoms with van der Waals surface area (Å²) in [6, 6.07) is 10.5. The summed E-state index contributed by atoms with van der Waals surface area (Å²) in [5.74, 6) is -1.24. The highest BCUT2D eigenvalue weighted by Gasteiger charge is 2.38. The zero-order chi connectivity index (χ0) is 35.4. The van der Waals surface area contributed by atoms with Gasteiger partial charge in [0.05, 0.1) is 22.2 Å². The second-order valence-corrected chi connectivity index (χ2v) is 14.6. The molecule has 0 aromatic heterocycles. The molecule has 2 aromatic carbocycles. The third kappa shape index (κ3) is 8.33. The van der Waals surface area contributed by atoms with Gasteiger partial charge < -0.3 is 30.2 Å². The van der Waals surface area contributed by atoms with Crippen molar-refractivity contribution in [1.82, 2.24) is 19.6 Å². The molecule has 1 atom stereocenters. The molecule has 0 bridgehead atoms. The van der Waals surface area contributed by atoms with Gasteiger partial charge in [0.1, 0.15) is 0 Å². The Morgan fingerprint density at radius 2 is 1.58 bits per heavy atom. The smallest absolute Gasteiger partial charge is 0.386 e. The Morgan fingerprint density at radius 3 is 2.26 bits per heavy atom. The highest BCUT2D eigenvalue weighted by molar-refractivity contribution is 6.33. The normalized spacial score (nSPS) is 20.6. The molecule has 4 aliphatic rings. The standard InChI is InChI=1S/C37H48ClF3N6O3/c1-42-34-30(37(39,40)41)22-25(23-31(34)38)21-27(35(49)46-18-10-28(11-19-46)44-14-5-2-6-15-44)24-33(48)45-16-12-29(13-17-45)47-20-9-26-7-3-4-8-32(26)43-36(47)50/h3-4,7-8,22-23,27-29,42H,2,5-6,9-21,24H2,1H3,(H,43,50). The highest BCUT2D eigenvalue weighted by Crippen LogP contribution is 2.40. The van der Waals surface area contributed by atoms with Crippen LogP contribution >= 0.6 is 11.6 Å². The average Bonchev–Trinajstić information content (AvgIpc) is 3.29. The molecule has 272 valence electrons. The van der Waals surface area contributed by atoms with Crippen molar-refractivity contribution in [3.63, 3.8) is 0 Å². The number of carbonyl (C=O) groups is 3. The van der Waals surface area contributed by atoms with Crippen LogP contribution in [0.25, 0.3) is 0 Å². The van der Waals surface area contributed by atoms with E-state index in [1.807, 2.05) is 29.2 Å². The molecule has 50 heavy (non-hydrogen) atoms. The van der Waals surface area contributed by atoms with Gasteiger partial charge in [-0.25, -0.2) is 4.79 Å². The molecule has 0 radical (unpaired) electrons. The molecule has 3 fully saturated rings. The first kappa shape index (κ1) is 36.3. The number of para-hydroxylation sites is 1. The monoisotopic (exact) mass is 716 g/mol. The van der Waals surface area contributed by atoms with E-state index in [4.69, 9.17) is 11.6 Å². The van der Waals surface area contributed by atoms with E-state index in [1.165, 1.54) is 32.4 Å². The first-order valence-electron chi connectivity index (χ1n) is 18.0. The van der Waals surface area contributed by atoms with Crippen molar-refractivity contribution in [3.8, 4) is 0 Å². The fraction of sp³-hybridized carbons (Fsp3) is 0.595. The second kappa shape index (κ2) is 15.8. The van der Waals surface area contributed by atoms with Gasteiger partial charge in [-0.05, 0) is 93.8 Å². The van der Waals surface area contributed by atoms with Crippen molar-refractivity contribution < 1.29 is 27.6 Å². The number of hydrogen-bond donors (Lipinski definition) is 2. The van der Waals surface area contributed by atoms with E-state index >= 15 is 0 Å². The molecule has 4 aliphatic heterocycles. The van der Waals surface area contributed by atoms with Crippen molar-refractivity contribution >= 4 is 40.8 Å². The van der Waals surface area contributed by atoms with Crippen LogP contribution in [-0.4, -0.2) is 102 Å². The highest BCUT2D eigenvalue weighted by atomic mass is 35.5. The minimum absolute atomic E-state index is 0.0272. The van der Waals surface area contributed by atoms with E-state index in [9.17, 15) is 27.6 Å². The molecule has 1 unspecified atom stereocenters. The Hall–Kier alpha value is -3.51. The Kier molecular flexibility index (Phi) is 11.5. The van der Waals surface area contributed by atoms with Gasteiger partial charge >= 0.3 is 12.2 Å². The van der Waals surface area contributed by atoms with Crippen LogP contribution in [0.4, 0.5) is 29.3 Å². The third-order valence-electron chi connectivity index (χ3n) is 11.0. The number of benzene rings is 2. The van der Waals surface area contributed by atoms with E-state index < -0.39 is 17.7 Å². The van der Waals surface area contributed by atoms with Crippen LogP contribution < -0.4 is 10.6 Å². The molecule has 2 aromatic rings. The van der Waals surface area contributed by atoms with E-state index in [2.05, 4.69) is 15.5 Å². The summed E-state index contributed by atoms with van der Waals surface area (Å²) < 4.78 is 42.1. The largest absolute Gasteiger partial charge is 0.418 e. The molecular weight excluding hydrogens is 669 g/mol. The zero-order valence-electron chi connectivity index (χ0n) is 28.7. The number of likely N-dealkylation sites (tertiary alicyclic amines) is 3. The van der Waals surface area contributed by atoms with Crippen LogP contribution in [0.1, 0.15) is 68.1 Å². The van der Waals surface area contributed by atoms with Crippen molar-refractivity contribution in [1.29, 1.82) is 0 Å². The van der Waals surface area contributed by atoms with Gasteiger partial charge in [-0.2, -0.15) is 13.2 Å². The van der Waals surface area contributed by atoms with Gasteiger partial charge in [0, 0.05) is 64.0 Å². The molecular formula is C37H48ClF3N6O3. The van der Waals surface area contributed by atoms with Gasteiger partial charge in [-0.3, -0.25) is 9.59 Å². The number of amides is 4. The van der Waals surface area contributed by atoms with Gasteiger partial charge in [-0.15, -0.1) is 0 Å². The number of hydrogen-bond acceptors (Lipinski definition) is 5. The lowest BCUT2D eigenvalue weighted by Gasteiger charge is -2.41. The minimum Gasteiger partial charge on any atom is -0.386 e. The second-order valence-electron chi connectivity index (χ2n) is 14.1. The molecule has 13 heteroatoms. The quantitative estimate of drug-likeness (QED) is 0.326. The van der Waals surface area contributed by atoms with Crippen molar-refractivity contribution in [3.05, 3.63) is 58.1 Å². The first-order valence-corrected chi connectivity index (χ1v) is 18.4. The number of nitrogens with one attached hydrogen (secondary N) is 2. The molecule has 0 saturated carbocycles. The zero-order valence-corrected chi connectivity index (χ0v) is 29.5. The summed E-state index contributed by atoms with van der Waals surface area (Å²) >= 11 is 6.32. The van der Waals surface area contributed by atoms with Crippen LogP contribution in [0.2, 0.25) is 5.02 Å². The van der Waals surface area contributed by atoms with Gasteiger partial charge in [0.15, 0.2) is 0 Å². The van der Waals surface area contributed by atoms with Gasteiger partial charge in [0.2, 0.25) is 11.8 Å². The predicted molar refractivity (Wildman–Crippen MR) is 188 cm³/mol. The van der Waals surface area contributed by atoms with Crippen LogP contribution in [0.15, 0.2) is 36.4 Å². The van der Waals surface area contributed by atoms with E-state index in [1.54, 1.807) is 9.80 Å². The van der Waals surface area contributed by atoms with Gasteiger partial charge in [-0.1, -0.05) is 36.2 Å². The maximum absolute atomic E-state index is 14.1. The maximum Gasteiger partial charge on any atom is 0.418 e. The summed E-state index contributed by atoms with van der Waals surface area (Å²) in [5, 5.41) is 5.49. The van der Waals surface area contributed by atoms with Crippen LogP contribution in [0, 0.1) is 5.92 Å². The van der Waals surface area contributed by atoms with E-state index in [-0.39, 0.29) is 53.0 Å². The van der Waals surface area contributed by atoms with Gasteiger partial charge in [0.25, 0.3) is 0 Å². The Bertz CT molecular complexity index is 1530. The number of piperidine rings is 3. The predicted octanol–water partition coefficient (Wildman–Crippen LogP) is 6.51. The molecule has 0 spiro atoms. The molecule has 2 N–H and O–H groups in total. The summed E-state index contributed by atoms with van der Waals surface area (Å²) in [6.45, 7) is 4.73. The summed E-state index contributed by atoms with van der Waals surface area (Å²) in [5.41, 5.74) is 1.06. The number of nitrogens with zero attached hydrogens (tertiary/aromatic N) is 4. The molecule has 0 aliphatic carbocycles. The number of urea groups is 1. The summed E-state index contributed by atoms with van der Waals surface area (Å²) in [7, 11) is 1.38. The summed E-state index contributed by atoms with van der Waals surface area (Å²) in [6.07, 6.45) is 2.47. The Balaban J connectivity index is 1.13. The SMILES string of the molecule is CNc1c(Cl)cc(CC(CC(=O)N2CCC(N3CCc4ccccc4NC3=O)CC2)C(=O)N2CCC(N3CCCCC3)CC2)cc1C(F)(F)F. The first-order chi connectivity index (χ1) is 24.0. The lowest BCUT2D eigenvalue weighted by molar-refractivity contribution is -0.143. The molecule has 9 nitrogen and oxygen atoms in total. The fourth-order valence-electron chi connectivity index (χ4n) is 8.29. The topological polar surface area (TPSA) is 88.2 Å². The van der Waals surface area contributed by atoms with Crippen LogP contribution in [0.5, 0.6) is 0 Å². The number of fused-ring (bicyclic) bond motifs is 1. The number of alkyl halides is 3. The Morgan fingerprint density at radius 1 is 0.920 bits per heavy atom. The maximum atomic E-state index is 14.1. The number of anilines is 2. The summed E-state index contributed by atoms with van der Waals surface area (Å²) in [4.78, 5) is 49.0. The van der Waals surface area contributed by atoms with Crippen LogP contribution in [0.3, 0.4) is 0 Å². The van der Waals surface area contributed by atoms with Crippen molar-refractivity contribution in [2.45, 2.75) is 82.5 Å². The third-order valence-corrected chi connectivity index (χ3v) is 11.3.